The van der Waals surface area contributed by atoms with Gasteiger partial charge in [-0.05, 0) is 37.5 Å². The van der Waals surface area contributed by atoms with Gasteiger partial charge in [0.05, 0.1) is 0 Å². The van der Waals surface area contributed by atoms with Gasteiger partial charge in [0.2, 0.25) is 6.79 Å². The molecule has 1 aromatic heterocycles. The predicted molar refractivity (Wildman–Crippen MR) is 119 cm³/mol. The zero-order chi connectivity index (χ0) is 19.1. The van der Waals surface area contributed by atoms with E-state index in [0.29, 0.717) is 13.3 Å². The van der Waals surface area contributed by atoms with E-state index >= 15 is 0 Å². The first-order valence-corrected chi connectivity index (χ1v) is 9.43. The first kappa shape index (κ1) is 22.3. The van der Waals surface area contributed by atoms with Gasteiger partial charge in [0.15, 0.2) is 23.3 Å². The van der Waals surface area contributed by atoms with Gasteiger partial charge < -0.3 is 24.7 Å². The maximum Gasteiger partial charge on any atom is 0.231 e. The number of guanidine groups is 1. The first-order chi connectivity index (χ1) is 13.2. The summed E-state index contributed by atoms with van der Waals surface area (Å²) in [5.74, 6) is 4.16. The molecule has 0 saturated heterocycles. The van der Waals surface area contributed by atoms with Crippen LogP contribution < -0.4 is 20.1 Å². The van der Waals surface area contributed by atoms with Crippen LogP contribution in [-0.4, -0.2) is 40.6 Å². The van der Waals surface area contributed by atoms with Crippen molar-refractivity contribution in [3.8, 4) is 11.5 Å². The summed E-state index contributed by atoms with van der Waals surface area (Å²) in [5.41, 5.74) is 1.20. The van der Waals surface area contributed by atoms with E-state index in [0.717, 1.165) is 61.5 Å². The molecule has 8 nitrogen and oxygen atoms in total. The molecule has 0 bridgehead atoms. The summed E-state index contributed by atoms with van der Waals surface area (Å²) in [6.45, 7) is 6.57. The number of aryl methyl sites for hydroxylation is 1. The minimum Gasteiger partial charge on any atom is -0.454 e. The number of halogens is 1. The number of fused-ring (bicyclic) bond motifs is 1. The fourth-order valence-electron chi connectivity index (χ4n) is 2.72. The van der Waals surface area contributed by atoms with Crippen LogP contribution in [0.15, 0.2) is 23.2 Å². The zero-order valence-electron chi connectivity index (χ0n) is 16.7. The quantitative estimate of drug-likeness (QED) is 0.251. The molecule has 0 fully saturated rings. The fourth-order valence-corrected chi connectivity index (χ4v) is 2.72. The Morgan fingerprint density at radius 2 is 1.96 bits per heavy atom. The third-order valence-electron chi connectivity index (χ3n) is 4.53. The number of nitrogens with zero attached hydrogens (tertiary/aromatic N) is 4. The number of hydrogen-bond acceptors (Lipinski definition) is 5. The van der Waals surface area contributed by atoms with Crippen molar-refractivity contribution in [3.05, 3.63) is 35.4 Å². The molecule has 0 spiro atoms. The summed E-state index contributed by atoms with van der Waals surface area (Å²) in [6, 6.07) is 6.06. The highest BCUT2D eigenvalue weighted by atomic mass is 127. The highest BCUT2D eigenvalue weighted by molar-refractivity contribution is 14.0. The summed E-state index contributed by atoms with van der Waals surface area (Å²) in [6.07, 6.45) is 3.11. The number of aromatic nitrogens is 3. The third-order valence-corrected chi connectivity index (χ3v) is 4.53. The molecule has 9 heteroatoms. The molecule has 1 aromatic carbocycles. The minimum atomic E-state index is 0. The predicted octanol–water partition coefficient (Wildman–Crippen LogP) is 2.55. The Balaban J connectivity index is 0.00000280. The Bertz CT molecular complexity index is 793. The molecule has 2 N–H and O–H groups in total. The van der Waals surface area contributed by atoms with Crippen LogP contribution >= 0.6 is 24.0 Å². The monoisotopic (exact) mass is 500 g/mol. The van der Waals surface area contributed by atoms with Gasteiger partial charge in [-0.3, -0.25) is 0 Å². The van der Waals surface area contributed by atoms with Gasteiger partial charge in [0, 0.05) is 20.1 Å². The molecular weight excluding hydrogens is 471 g/mol. The summed E-state index contributed by atoms with van der Waals surface area (Å²) in [4.78, 5) is 4.66. The molecule has 0 atom stereocenters. The molecule has 0 saturated carbocycles. The zero-order valence-corrected chi connectivity index (χ0v) is 19.0. The molecule has 2 aromatic rings. The summed E-state index contributed by atoms with van der Waals surface area (Å²) in [5, 5.41) is 15.0. The van der Waals surface area contributed by atoms with Gasteiger partial charge in [-0.2, -0.15) is 0 Å². The van der Waals surface area contributed by atoms with E-state index in [2.05, 4.69) is 38.8 Å². The number of ether oxygens (including phenoxy) is 2. The van der Waals surface area contributed by atoms with E-state index < -0.39 is 0 Å². The maximum atomic E-state index is 5.44. The van der Waals surface area contributed by atoms with Crippen LogP contribution in [0.3, 0.4) is 0 Å². The molecule has 3 rings (SSSR count). The van der Waals surface area contributed by atoms with Crippen molar-refractivity contribution in [2.75, 3.05) is 19.9 Å². The second-order valence-corrected chi connectivity index (χ2v) is 6.53. The van der Waals surface area contributed by atoms with Crippen LogP contribution in [0, 0.1) is 6.92 Å². The number of aliphatic imine (C=N–C) groups is 1. The van der Waals surface area contributed by atoms with E-state index in [-0.39, 0.29) is 24.0 Å². The molecular formula is C19H29IN6O2. The average Bonchev–Trinajstić information content (AvgIpc) is 3.26. The van der Waals surface area contributed by atoms with Gasteiger partial charge in [-0.1, -0.05) is 19.4 Å². The Hall–Kier alpha value is -2.04. The van der Waals surface area contributed by atoms with Crippen molar-refractivity contribution >= 4 is 29.9 Å². The number of nitrogens with one attached hydrogen (secondary N) is 2. The Morgan fingerprint density at radius 1 is 1.18 bits per heavy atom. The van der Waals surface area contributed by atoms with Gasteiger partial charge >= 0.3 is 0 Å². The SMILES string of the molecule is CCCCNC(=NCc1nnc(C)n1C)NCCc1ccc2c(c1)OCO2.I. The molecule has 1 aliphatic heterocycles. The Kier molecular flexibility index (Phi) is 8.81. The van der Waals surface area contributed by atoms with Gasteiger partial charge in [0.1, 0.15) is 12.4 Å². The Labute approximate surface area is 183 Å². The highest BCUT2D eigenvalue weighted by Gasteiger charge is 2.13. The van der Waals surface area contributed by atoms with Crippen LogP contribution in [0.4, 0.5) is 0 Å². The Morgan fingerprint density at radius 3 is 2.71 bits per heavy atom. The van der Waals surface area contributed by atoms with Gasteiger partial charge in [-0.25, -0.2) is 4.99 Å². The van der Waals surface area contributed by atoms with Crippen LogP contribution in [0.1, 0.15) is 37.0 Å². The molecule has 0 aliphatic carbocycles. The summed E-state index contributed by atoms with van der Waals surface area (Å²) < 4.78 is 12.8. The van der Waals surface area contributed by atoms with Crippen molar-refractivity contribution in [1.29, 1.82) is 0 Å². The number of rotatable bonds is 8. The standard InChI is InChI=1S/C19H28N6O2.HI/c1-4-5-9-20-19(22-12-18-24-23-14(2)25(18)3)21-10-8-15-6-7-16-17(11-15)27-13-26-16;/h6-7,11H,4-5,8-10,12-13H2,1-3H3,(H2,20,21,22);1H. The van der Waals surface area contributed by atoms with Crippen LogP contribution in [-0.2, 0) is 20.0 Å². The van der Waals surface area contributed by atoms with Crippen LogP contribution in [0.25, 0.3) is 0 Å². The van der Waals surface area contributed by atoms with Crippen molar-refractivity contribution < 1.29 is 9.47 Å². The van der Waals surface area contributed by atoms with E-state index in [4.69, 9.17) is 9.47 Å². The third kappa shape index (κ3) is 5.98. The largest absolute Gasteiger partial charge is 0.454 e. The lowest BCUT2D eigenvalue weighted by atomic mass is 10.1. The highest BCUT2D eigenvalue weighted by Crippen LogP contribution is 2.32. The fraction of sp³-hybridized carbons (Fsp3) is 0.526. The second-order valence-electron chi connectivity index (χ2n) is 6.53. The van der Waals surface area contributed by atoms with Gasteiger partial charge in [-0.15, -0.1) is 34.2 Å². The molecule has 2 heterocycles. The molecule has 0 radical (unpaired) electrons. The number of unbranched alkanes of at least 4 members (excludes halogenated alkanes) is 1. The van der Waals surface area contributed by atoms with Crippen LogP contribution in [0.5, 0.6) is 11.5 Å². The topological polar surface area (TPSA) is 85.6 Å². The minimum absolute atomic E-state index is 0. The first-order valence-electron chi connectivity index (χ1n) is 9.43. The van der Waals surface area contributed by atoms with E-state index in [1.807, 2.05) is 30.7 Å². The molecule has 0 amide bonds. The maximum absolute atomic E-state index is 5.44. The van der Waals surface area contributed by atoms with E-state index in [1.54, 1.807) is 0 Å². The van der Waals surface area contributed by atoms with Crippen molar-refractivity contribution in [2.24, 2.45) is 12.0 Å². The average molecular weight is 500 g/mol. The van der Waals surface area contributed by atoms with E-state index in [9.17, 15) is 0 Å². The normalized spacial score (nSPS) is 12.6. The van der Waals surface area contributed by atoms with Crippen LogP contribution in [0.2, 0.25) is 0 Å². The number of hydrogen-bond donors (Lipinski definition) is 2. The lowest BCUT2D eigenvalue weighted by Gasteiger charge is -2.12. The van der Waals surface area contributed by atoms with Gasteiger partial charge in [0.25, 0.3) is 0 Å². The molecule has 154 valence electrons. The molecule has 28 heavy (non-hydrogen) atoms. The summed E-state index contributed by atoms with van der Waals surface area (Å²) in [7, 11) is 1.96. The van der Waals surface area contributed by atoms with Crippen molar-refractivity contribution in [1.82, 2.24) is 25.4 Å². The summed E-state index contributed by atoms with van der Waals surface area (Å²) >= 11 is 0. The lowest BCUT2D eigenvalue weighted by molar-refractivity contribution is 0.174. The number of benzene rings is 1. The smallest absolute Gasteiger partial charge is 0.231 e. The molecule has 1 aliphatic rings. The molecule has 0 unspecified atom stereocenters. The second kappa shape index (κ2) is 11.1. The van der Waals surface area contributed by atoms with E-state index in [1.165, 1.54) is 5.56 Å². The van der Waals surface area contributed by atoms with Crippen molar-refractivity contribution in [3.63, 3.8) is 0 Å². The van der Waals surface area contributed by atoms with Crippen molar-refractivity contribution in [2.45, 2.75) is 39.7 Å². The lowest BCUT2D eigenvalue weighted by Crippen LogP contribution is -2.39.